The quantitative estimate of drug-likeness (QED) is 0.765. The van der Waals surface area contributed by atoms with E-state index in [-0.39, 0.29) is 0 Å². The Bertz CT molecular complexity index is 447. The smallest absolute Gasteiger partial charge is 0.163 e. The Labute approximate surface area is 89.0 Å². The lowest BCUT2D eigenvalue weighted by Crippen LogP contribution is -1.98. The summed E-state index contributed by atoms with van der Waals surface area (Å²) >= 11 is 0. The molecule has 0 aromatic carbocycles. The highest BCUT2D eigenvalue weighted by Gasteiger charge is 2.06. The van der Waals surface area contributed by atoms with Crippen LogP contribution in [-0.4, -0.2) is 19.7 Å². The molecule has 2 heterocycles. The molecule has 0 aliphatic rings. The van der Waals surface area contributed by atoms with Crippen LogP contribution in [0.2, 0.25) is 0 Å². The Morgan fingerprint density at radius 3 is 3.00 bits per heavy atom. The first-order chi connectivity index (χ1) is 7.31. The van der Waals surface area contributed by atoms with Crippen molar-refractivity contribution in [2.45, 2.75) is 26.8 Å². The third kappa shape index (κ3) is 2.03. The van der Waals surface area contributed by atoms with Gasteiger partial charge in [0, 0.05) is 24.0 Å². The summed E-state index contributed by atoms with van der Waals surface area (Å²) < 4.78 is 2.06. The Morgan fingerprint density at radius 1 is 1.40 bits per heavy atom. The molecule has 0 saturated carbocycles. The van der Waals surface area contributed by atoms with Crippen LogP contribution >= 0.6 is 0 Å². The van der Waals surface area contributed by atoms with Gasteiger partial charge >= 0.3 is 0 Å². The van der Waals surface area contributed by atoms with Crippen molar-refractivity contribution >= 4 is 0 Å². The van der Waals surface area contributed by atoms with Crippen molar-refractivity contribution in [3.05, 3.63) is 30.4 Å². The van der Waals surface area contributed by atoms with Crippen LogP contribution in [-0.2, 0) is 6.54 Å². The summed E-state index contributed by atoms with van der Waals surface area (Å²) in [6.45, 7) is 5.06. The first-order valence-corrected chi connectivity index (χ1v) is 5.12. The standard InChI is InChI=1S/C11H14N4/c1-3-6-15-8-13-14-11(15)10-4-5-12-9(2)7-10/h4-5,7-8H,3,6H2,1-2H3. The molecule has 0 aliphatic heterocycles. The fraction of sp³-hybridized carbons (Fsp3) is 0.364. The van der Waals surface area contributed by atoms with Crippen molar-refractivity contribution in [2.75, 3.05) is 0 Å². The van der Waals surface area contributed by atoms with Gasteiger partial charge in [0.1, 0.15) is 6.33 Å². The van der Waals surface area contributed by atoms with Crippen LogP contribution in [0.25, 0.3) is 11.4 Å². The maximum absolute atomic E-state index is 4.17. The van der Waals surface area contributed by atoms with Crippen LogP contribution in [0.15, 0.2) is 24.7 Å². The summed E-state index contributed by atoms with van der Waals surface area (Å²) in [5, 5.41) is 8.07. The molecule has 0 saturated heterocycles. The molecule has 4 nitrogen and oxygen atoms in total. The minimum absolute atomic E-state index is 0.919. The van der Waals surface area contributed by atoms with Crippen LogP contribution in [0.3, 0.4) is 0 Å². The largest absolute Gasteiger partial charge is 0.314 e. The molecule has 4 heteroatoms. The van der Waals surface area contributed by atoms with E-state index in [0.717, 1.165) is 30.0 Å². The first-order valence-electron chi connectivity index (χ1n) is 5.12. The zero-order chi connectivity index (χ0) is 10.7. The minimum Gasteiger partial charge on any atom is -0.314 e. The number of pyridine rings is 1. The lowest BCUT2D eigenvalue weighted by molar-refractivity contribution is 0.682. The van der Waals surface area contributed by atoms with Gasteiger partial charge in [-0.2, -0.15) is 0 Å². The average Bonchev–Trinajstić information content (AvgIpc) is 2.66. The second kappa shape index (κ2) is 4.21. The number of hydrogen-bond donors (Lipinski definition) is 0. The molecular formula is C11H14N4. The number of rotatable bonds is 3. The summed E-state index contributed by atoms with van der Waals surface area (Å²) in [5.41, 5.74) is 2.08. The number of nitrogens with zero attached hydrogens (tertiary/aromatic N) is 4. The fourth-order valence-electron chi connectivity index (χ4n) is 1.57. The molecule has 2 aromatic heterocycles. The topological polar surface area (TPSA) is 43.6 Å². The van der Waals surface area contributed by atoms with Crippen molar-refractivity contribution in [1.82, 2.24) is 19.7 Å². The van der Waals surface area contributed by atoms with Gasteiger partial charge in [-0.1, -0.05) is 6.92 Å². The maximum atomic E-state index is 4.17. The Balaban J connectivity index is 2.40. The van der Waals surface area contributed by atoms with Crippen molar-refractivity contribution in [3.8, 4) is 11.4 Å². The van der Waals surface area contributed by atoms with Gasteiger partial charge in [0.25, 0.3) is 0 Å². The Kier molecular flexibility index (Phi) is 2.76. The molecular weight excluding hydrogens is 188 g/mol. The molecule has 0 unspecified atom stereocenters. The predicted octanol–water partition coefficient (Wildman–Crippen LogP) is 2.06. The van der Waals surface area contributed by atoms with Crippen molar-refractivity contribution in [3.63, 3.8) is 0 Å². The lowest BCUT2D eigenvalue weighted by Gasteiger charge is -2.04. The van der Waals surface area contributed by atoms with Crippen LogP contribution in [0, 0.1) is 6.92 Å². The zero-order valence-corrected chi connectivity index (χ0v) is 9.01. The van der Waals surface area contributed by atoms with Crippen molar-refractivity contribution in [2.24, 2.45) is 0 Å². The third-order valence-electron chi connectivity index (χ3n) is 2.23. The first kappa shape index (κ1) is 9.83. The Hall–Kier alpha value is -1.71. The van der Waals surface area contributed by atoms with Crippen LogP contribution < -0.4 is 0 Å². The van der Waals surface area contributed by atoms with Gasteiger partial charge in [-0.3, -0.25) is 4.98 Å². The minimum atomic E-state index is 0.919. The predicted molar refractivity (Wildman–Crippen MR) is 58.3 cm³/mol. The molecule has 0 aliphatic carbocycles. The summed E-state index contributed by atoms with van der Waals surface area (Å²) in [7, 11) is 0. The van der Waals surface area contributed by atoms with Gasteiger partial charge in [0.05, 0.1) is 0 Å². The van der Waals surface area contributed by atoms with Crippen LogP contribution in [0.4, 0.5) is 0 Å². The lowest BCUT2D eigenvalue weighted by atomic mass is 10.2. The monoisotopic (exact) mass is 202 g/mol. The van der Waals surface area contributed by atoms with Gasteiger partial charge in [-0.15, -0.1) is 10.2 Å². The van der Waals surface area contributed by atoms with E-state index in [1.165, 1.54) is 0 Å². The summed E-state index contributed by atoms with van der Waals surface area (Å²) in [6.07, 6.45) is 4.65. The molecule has 2 rings (SSSR count). The fourth-order valence-corrected chi connectivity index (χ4v) is 1.57. The van der Waals surface area contributed by atoms with E-state index in [1.54, 1.807) is 12.5 Å². The number of aromatic nitrogens is 4. The summed E-state index contributed by atoms with van der Waals surface area (Å²) in [4.78, 5) is 4.17. The third-order valence-corrected chi connectivity index (χ3v) is 2.23. The zero-order valence-electron chi connectivity index (χ0n) is 9.01. The summed E-state index contributed by atoms with van der Waals surface area (Å²) in [6, 6.07) is 3.99. The molecule has 15 heavy (non-hydrogen) atoms. The van der Waals surface area contributed by atoms with E-state index < -0.39 is 0 Å². The van der Waals surface area contributed by atoms with Crippen molar-refractivity contribution < 1.29 is 0 Å². The molecule has 78 valence electrons. The normalized spacial score (nSPS) is 10.5. The molecule has 0 radical (unpaired) electrons. The van der Waals surface area contributed by atoms with E-state index in [4.69, 9.17) is 0 Å². The van der Waals surface area contributed by atoms with Gasteiger partial charge in [-0.05, 0) is 25.5 Å². The number of aryl methyl sites for hydroxylation is 2. The van der Waals surface area contributed by atoms with Gasteiger partial charge in [-0.25, -0.2) is 0 Å². The average molecular weight is 202 g/mol. The maximum Gasteiger partial charge on any atom is 0.163 e. The highest BCUT2D eigenvalue weighted by atomic mass is 15.3. The van der Waals surface area contributed by atoms with E-state index in [9.17, 15) is 0 Å². The summed E-state index contributed by atoms with van der Waals surface area (Å²) in [5.74, 6) is 0.919. The molecule has 0 fully saturated rings. The molecule has 0 amide bonds. The molecule has 0 bridgehead atoms. The number of hydrogen-bond acceptors (Lipinski definition) is 3. The van der Waals surface area contributed by atoms with Crippen LogP contribution in [0.5, 0.6) is 0 Å². The SMILES string of the molecule is CCCn1cnnc1-c1ccnc(C)c1. The highest BCUT2D eigenvalue weighted by Crippen LogP contribution is 2.16. The second-order valence-electron chi connectivity index (χ2n) is 3.53. The van der Waals surface area contributed by atoms with Gasteiger partial charge < -0.3 is 4.57 Å². The van der Waals surface area contributed by atoms with Crippen LogP contribution in [0.1, 0.15) is 19.0 Å². The Morgan fingerprint density at radius 2 is 2.27 bits per heavy atom. The second-order valence-corrected chi connectivity index (χ2v) is 3.53. The van der Waals surface area contributed by atoms with E-state index in [2.05, 4.69) is 26.7 Å². The van der Waals surface area contributed by atoms with Gasteiger partial charge in [0.2, 0.25) is 0 Å². The van der Waals surface area contributed by atoms with Crippen molar-refractivity contribution in [1.29, 1.82) is 0 Å². The van der Waals surface area contributed by atoms with E-state index in [0.29, 0.717) is 0 Å². The van der Waals surface area contributed by atoms with Gasteiger partial charge in [0.15, 0.2) is 5.82 Å². The molecule has 0 N–H and O–H groups in total. The molecule has 0 atom stereocenters. The molecule has 2 aromatic rings. The van der Waals surface area contributed by atoms with E-state index in [1.807, 2.05) is 19.1 Å². The molecule has 0 spiro atoms. The highest BCUT2D eigenvalue weighted by molar-refractivity contribution is 5.54. The van der Waals surface area contributed by atoms with E-state index >= 15 is 0 Å².